The first-order valence-corrected chi connectivity index (χ1v) is 7.70. The number of nitrogens with one attached hydrogen (secondary N) is 1. The van der Waals surface area contributed by atoms with Gasteiger partial charge in [0.15, 0.2) is 0 Å². The van der Waals surface area contributed by atoms with Gasteiger partial charge in [0.2, 0.25) is 0 Å². The van der Waals surface area contributed by atoms with Crippen molar-refractivity contribution in [2.75, 3.05) is 25.4 Å². The zero-order valence-corrected chi connectivity index (χ0v) is 12.3. The highest BCUT2D eigenvalue weighted by Crippen LogP contribution is 2.27. The highest BCUT2D eigenvalue weighted by atomic mass is 32.2. The minimum Gasteiger partial charge on any atom is -0.317 e. The quantitative estimate of drug-likeness (QED) is 0.800. The van der Waals surface area contributed by atoms with Gasteiger partial charge in [0.05, 0.1) is 0 Å². The number of nitrogens with zero attached hydrogens (tertiary/aromatic N) is 1. The summed E-state index contributed by atoms with van der Waals surface area (Å²) in [5, 5.41) is 4.24. The van der Waals surface area contributed by atoms with E-state index in [1.807, 2.05) is 0 Å². The summed E-state index contributed by atoms with van der Waals surface area (Å²) in [6.07, 6.45) is 0. The highest BCUT2D eigenvalue weighted by molar-refractivity contribution is 8.00. The van der Waals surface area contributed by atoms with Crippen LogP contribution in [0.2, 0.25) is 0 Å². The van der Waals surface area contributed by atoms with Crippen molar-refractivity contribution in [2.45, 2.75) is 52.0 Å². The van der Waals surface area contributed by atoms with Gasteiger partial charge in [-0.05, 0) is 32.9 Å². The van der Waals surface area contributed by atoms with Crippen LogP contribution in [-0.4, -0.2) is 47.6 Å². The van der Waals surface area contributed by atoms with Crippen molar-refractivity contribution in [3.63, 3.8) is 0 Å². The third-order valence-corrected chi connectivity index (χ3v) is 5.33. The zero-order chi connectivity index (χ0) is 12.1. The van der Waals surface area contributed by atoms with Crippen LogP contribution in [-0.2, 0) is 0 Å². The SMILES string of the molecule is CCNCC(C)C(C)N1CCSC(C)C1C. The Balaban J connectivity index is 2.47. The molecule has 0 aromatic carbocycles. The lowest BCUT2D eigenvalue weighted by molar-refractivity contribution is 0.118. The van der Waals surface area contributed by atoms with Crippen LogP contribution in [0.1, 0.15) is 34.6 Å². The third kappa shape index (κ3) is 3.64. The maximum Gasteiger partial charge on any atom is 0.0187 e. The first-order valence-electron chi connectivity index (χ1n) is 6.66. The molecule has 1 N–H and O–H groups in total. The summed E-state index contributed by atoms with van der Waals surface area (Å²) in [5.41, 5.74) is 0. The molecule has 96 valence electrons. The molecule has 1 aliphatic rings. The Morgan fingerprint density at radius 2 is 2.06 bits per heavy atom. The molecule has 0 radical (unpaired) electrons. The minimum atomic E-state index is 0.692. The Morgan fingerprint density at radius 1 is 1.38 bits per heavy atom. The predicted molar refractivity (Wildman–Crippen MR) is 75.3 cm³/mol. The van der Waals surface area contributed by atoms with E-state index in [0.29, 0.717) is 6.04 Å². The molecule has 1 saturated heterocycles. The van der Waals surface area contributed by atoms with Gasteiger partial charge in [0.25, 0.3) is 0 Å². The molecule has 0 saturated carbocycles. The van der Waals surface area contributed by atoms with Crippen molar-refractivity contribution in [3.05, 3.63) is 0 Å². The van der Waals surface area contributed by atoms with Gasteiger partial charge < -0.3 is 5.32 Å². The molecular weight excluding hydrogens is 216 g/mol. The van der Waals surface area contributed by atoms with Crippen LogP contribution in [0.15, 0.2) is 0 Å². The van der Waals surface area contributed by atoms with Crippen LogP contribution in [0.4, 0.5) is 0 Å². The molecule has 0 aliphatic carbocycles. The fourth-order valence-electron chi connectivity index (χ4n) is 2.40. The summed E-state index contributed by atoms with van der Waals surface area (Å²) in [5.74, 6) is 2.03. The minimum absolute atomic E-state index is 0.692. The summed E-state index contributed by atoms with van der Waals surface area (Å²) < 4.78 is 0. The molecule has 0 aromatic rings. The molecule has 0 spiro atoms. The van der Waals surface area contributed by atoms with Gasteiger partial charge in [0, 0.05) is 29.6 Å². The van der Waals surface area contributed by atoms with E-state index < -0.39 is 0 Å². The standard InChI is InChI=1S/C13H28N2S/c1-6-14-9-10(2)11(3)15-7-8-16-13(5)12(15)4/h10-14H,6-9H2,1-5H3. The Morgan fingerprint density at radius 3 is 2.69 bits per heavy atom. The van der Waals surface area contributed by atoms with E-state index >= 15 is 0 Å². The molecule has 0 amide bonds. The molecular formula is C13H28N2S. The van der Waals surface area contributed by atoms with Crippen molar-refractivity contribution < 1.29 is 0 Å². The smallest absolute Gasteiger partial charge is 0.0187 e. The number of hydrogen-bond donors (Lipinski definition) is 1. The van der Waals surface area contributed by atoms with Crippen molar-refractivity contribution in [1.29, 1.82) is 0 Å². The molecule has 1 aliphatic heterocycles. The fraction of sp³-hybridized carbons (Fsp3) is 1.00. The summed E-state index contributed by atoms with van der Waals surface area (Å²) in [6.45, 7) is 15.2. The Kier molecular flexibility index (Phi) is 6.16. The van der Waals surface area contributed by atoms with Gasteiger partial charge in [-0.15, -0.1) is 0 Å². The lowest BCUT2D eigenvalue weighted by atomic mass is 9.99. The van der Waals surface area contributed by atoms with Crippen molar-refractivity contribution in [3.8, 4) is 0 Å². The van der Waals surface area contributed by atoms with E-state index in [1.165, 1.54) is 12.3 Å². The first-order chi connectivity index (χ1) is 7.57. The average Bonchev–Trinajstić information content (AvgIpc) is 2.28. The lowest BCUT2D eigenvalue weighted by Crippen LogP contribution is -2.52. The summed E-state index contributed by atoms with van der Waals surface area (Å²) >= 11 is 2.12. The molecule has 0 aromatic heterocycles. The Hall–Kier alpha value is 0.270. The van der Waals surface area contributed by atoms with E-state index in [1.54, 1.807) is 0 Å². The largest absolute Gasteiger partial charge is 0.317 e. The highest BCUT2D eigenvalue weighted by Gasteiger charge is 2.30. The molecule has 2 nitrogen and oxygen atoms in total. The molecule has 16 heavy (non-hydrogen) atoms. The van der Waals surface area contributed by atoms with Crippen LogP contribution >= 0.6 is 11.8 Å². The molecule has 1 fully saturated rings. The monoisotopic (exact) mass is 244 g/mol. The van der Waals surface area contributed by atoms with Crippen molar-refractivity contribution in [2.24, 2.45) is 5.92 Å². The van der Waals surface area contributed by atoms with E-state index in [4.69, 9.17) is 0 Å². The summed E-state index contributed by atoms with van der Waals surface area (Å²) in [7, 11) is 0. The molecule has 1 heterocycles. The Labute approximate surface area is 106 Å². The molecule has 3 heteroatoms. The number of hydrogen-bond acceptors (Lipinski definition) is 3. The van der Waals surface area contributed by atoms with Crippen molar-refractivity contribution >= 4 is 11.8 Å². The number of thioether (sulfide) groups is 1. The van der Waals surface area contributed by atoms with Gasteiger partial charge in [-0.1, -0.05) is 20.8 Å². The van der Waals surface area contributed by atoms with Gasteiger partial charge in [-0.2, -0.15) is 11.8 Å². The fourth-order valence-corrected chi connectivity index (χ4v) is 3.52. The van der Waals surface area contributed by atoms with E-state index in [0.717, 1.165) is 30.3 Å². The molecule has 4 atom stereocenters. The molecule has 1 rings (SSSR count). The predicted octanol–water partition coefficient (Wildman–Crippen LogP) is 2.45. The maximum atomic E-state index is 3.46. The van der Waals surface area contributed by atoms with Gasteiger partial charge in [-0.25, -0.2) is 0 Å². The molecule has 4 unspecified atom stereocenters. The zero-order valence-electron chi connectivity index (χ0n) is 11.5. The Bertz CT molecular complexity index is 198. The summed E-state index contributed by atoms with van der Waals surface area (Å²) in [6, 6.07) is 1.41. The topological polar surface area (TPSA) is 15.3 Å². The second-order valence-corrected chi connectivity index (χ2v) is 6.57. The van der Waals surface area contributed by atoms with Crippen LogP contribution in [0.5, 0.6) is 0 Å². The van der Waals surface area contributed by atoms with Crippen LogP contribution in [0.25, 0.3) is 0 Å². The van der Waals surface area contributed by atoms with Gasteiger partial charge >= 0.3 is 0 Å². The summed E-state index contributed by atoms with van der Waals surface area (Å²) in [4.78, 5) is 2.70. The van der Waals surface area contributed by atoms with Crippen molar-refractivity contribution in [1.82, 2.24) is 10.2 Å². The second kappa shape index (κ2) is 6.87. The first kappa shape index (κ1) is 14.3. The van der Waals surface area contributed by atoms with E-state index in [2.05, 4.69) is 56.6 Å². The van der Waals surface area contributed by atoms with Crippen LogP contribution < -0.4 is 5.32 Å². The average molecular weight is 244 g/mol. The normalized spacial score (nSPS) is 31.3. The third-order valence-electron chi connectivity index (χ3n) is 4.00. The van der Waals surface area contributed by atoms with E-state index in [9.17, 15) is 0 Å². The number of rotatable bonds is 5. The maximum absolute atomic E-state index is 3.46. The van der Waals surface area contributed by atoms with Gasteiger partial charge in [-0.3, -0.25) is 4.90 Å². The molecule has 0 bridgehead atoms. The second-order valence-electron chi connectivity index (χ2n) is 5.08. The lowest BCUT2D eigenvalue weighted by Gasteiger charge is -2.43. The van der Waals surface area contributed by atoms with E-state index in [-0.39, 0.29) is 0 Å². The van der Waals surface area contributed by atoms with Crippen LogP contribution in [0, 0.1) is 5.92 Å². The van der Waals surface area contributed by atoms with Gasteiger partial charge in [0.1, 0.15) is 0 Å². The van der Waals surface area contributed by atoms with Crippen LogP contribution in [0.3, 0.4) is 0 Å².